The van der Waals surface area contributed by atoms with Crippen LogP contribution in [0.1, 0.15) is 15.9 Å². The first-order valence-corrected chi connectivity index (χ1v) is 8.14. The van der Waals surface area contributed by atoms with E-state index in [9.17, 15) is 4.79 Å². The molecule has 0 saturated carbocycles. The molecule has 2 aromatic rings. The number of carbonyl (C=O) groups is 1. The van der Waals surface area contributed by atoms with Crippen molar-refractivity contribution < 1.29 is 9.53 Å². The standard InChI is InChI=1S/C18H22N4O2/c19-17-13-14(5-7-20-17)6-8-21-18(23)15-1-3-16(4-2-15)22-9-11-24-12-10-22/h1-5,7,13H,6,8-12H2,(H2,19,20)(H,21,23). The summed E-state index contributed by atoms with van der Waals surface area (Å²) in [7, 11) is 0. The number of carbonyl (C=O) groups excluding carboxylic acids is 1. The second kappa shape index (κ2) is 7.79. The number of amides is 1. The molecule has 0 unspecified atom stereocenters. The fourth-order valence-electron chi connectivity index (χ4n) is 2.72. The summed E-state index contributed by atoms with van der Waals surface area (Å²) in [4.78, 5) is 18.4. The highest BCUT2D eigenvalue weighted by Crippen LogP contribution is 2.16. The summed E-state index contributed by atoms with van der Waals surface area (Å²) in [5.41, 5.74) is 8.50. The zero-order valence-electron chi connectivity index (χ0n) is 13.6. The molecule has 0 radical (unpaired) electrons. The molecule has 0 atom stereocenters. The summed E-state index contributed by atoms with van der Waals surface area (Å²) in [5, 5.41) is 2.93. The Balaban J connectivity index is 1.51. The predicted molar refractivity (Wildman–Crippen MR) is 94.2 cm³/mol. The van der Waals surface area contributed by atoms with Gasteiger partial charge >= 0.3 is 0 Å². The maximum atomic E-state index is 12.2. The van der Waals surface area contributed by atoms with E-state index < -0.39 is 0 Å². The number of rotatable bonds is 5. The molecule has 1 aliphatic rings. The third-order valence-corrected chi connectivity index (χ3v) is 4.05. The van der Waals surface area contributed by atoms with Crippen LogP contribution in [-0.4, -0.2) is 43.7 Å². The molecule has 3 rings (SSSR count). The van der Waals surface area contributed by atoms with Crippen molar-refractivity contribution in [3.63, 3.8) is 0 Å². The highest BCUT2D eigenvalue weighted by Gasteiger charge is 2.12. The number of morpholine rings is 1. The van der Waals surface area contributed by atoms with Gasteiger partial charge in [0.05, 0.1) is 13.2 Å². The molecule has 24 heavy (non-hydrogen) atoms. The van der Waals surface area contributed by atoms with Crippen molar-refractivity contribution in [2.45, 2.75) is 6.42 Å². The molecule has 1 saturated heterocycles. The van der Waals surface area contributed by atoms with E-state index in [0.29, 0.717) is 17.9 Å². The van der Waals surface area contributed by atoms with Crippen molar-refractivity contribution in [1.82, 2.24) is 10.3 Å². The fraction of sp³-hybridized carbons (Fsp3) is 0.333. The highest BCUT2D eigenvalue weighted by atomic mass is 16.5. The Morgan fingerprint density at radius 3 is 2.67 bits per heavy atom. The zero-order valence-corrected chi connectivity index (χ0v) is 13.6. The van der Waals surface area contributed by atoms with Crippen molar-refractivity contribution in [1.29, 1.82) is 0 Å². The zero-order chi connectivity index (χ0) is 16.8. The van der Waals surface area contributed by atoms with Crippen molar-refractivity contribution in [3.05, 3.63) is 53.7 Å². The molecular formula is C18H22N4O2. The van der Waals surface area contributed by atoms with E-state index in [-0.39, 0.29) is 5.91 Å². The number of nitrogens with zero attached hydrogens (tertiary/aromatic N) is 2. The van der Waals surface area contributed by atoms with Gasteiger partial charge in [-0.3, -0.25) is 4.79 Å². The Bertz CT molecular complexity index is 682. The highest BCUT2D eigenvalue weighted by molar-refractivity contribution is 5.94. The van der Waals surface area contributed by atoms with Crippen LogP contribution in [0.2, 0.25) is 0 Å². The first-order chi connectivity index (χ1) is 11.7. The van der Waals surface area contributed by atoms with E-state index in [4.69, 9.17) is 10.5 Å². The number of nitrogens with two attached hydrogens (primary N) is 1. The van der Waals surface area contributed by atoms with Gasteiger partial charge in [0.2, 0.25) is 0 Å². The van der Waals surface area contributed by atoms with Crippen molar-refractivity contribution in [3.8, 4) is 0 Å². The number of hydrogen-bond donors (Lipinski definition) is 2. The van der Waals surface area contributed by atoms with Gasteiger partial charge in [0.15, 0.2) is 0 Å². The van der Waals surface area contributed by atoms with Gasteiger partial charge in [-0.2, -0.15) is 0 Å². The Labute approximate surface area is 141 Å². The van der Waals surface area contributed by atoms with Crippen molar-refractivity contribution in [2.24, 2.45) is 0 Å². The number of hydrogen-bond acceptors (Lipinski definition) is 5. The fourth-order valence-corrected chi connectivity index (χ4v) is 2.72. The van der Waals surface area contributed by atoms with Crippen LogP contribution in [0, 0.1) is 0 Å². The summed E-state index contributed by atoms with van der Waals surface area (Å²) in [6, 6.07) is 11.4. The molecule has 1 aromatic carbocycles. The number of nitrogens with one attached hydrogen (secondary N) is 1. The summed E-state index contributed by atoms with van der Waals surface area (Å²) in [6.07, 6.45) is 2.40. The number of anilines is 2. The first kappa shape index (κ1) is 16.3. The average Bonchev–Trinajstić information content (AvgIpc) is 2.63. The number of ether oxygens (including phenoxy) is 1. The van der Waals surface area contributed by atoms with Gasteiger partial charge in [0.1, 0.15) is 5.82 Å². The van der Waals surface area contributed by atoms with Crippen LogP contribution in [0.4, 0.5) is 11.5 Å². The summed E-state index contributed by atoms with van der Waals surface area (Å²) < 4.78 is 5.35. The van der Waals surface area contributed by atoms with E-state index >= 15 is 0 Å². The van der Waals surface area contributed by atoms with E-state index in [2.05, 4.69) is 15.2 Å². The van der Waals surface area contributed by atoms with Crippen molar-refractivity contribution >= 4 is 17.4 Å². The van der Waals surface area contributed by atoms with E-state index in [1.54, 1.807) is 6.20 Å². The third-order valence-electron chi connectivity index (χ3n) is 4.05. The molecule has 1 aliphatic heterocycles. The molecule has 1 amide bonds. The number of nitrogen functional groups attached to an aromatic ring is 1. The molecule has 0 bridgehead atoms. The third kappa shape index (κ3) is 4.23. The van der Waals surface area contributed by atoms with E-state index in [1.807, 2.05) is 36.4 Å². The van der Waals surface area contributed by atoms with E-state index in [1.165, 1.54) is 0 Å². The molecule has 6 heteroatoms. The van der Waals surface area contributed by atoms with Crippen LogP contribution in [0.5, 0.6) is 0 Å². The number of benzene rings is 1. The van der Waals surface area contributed by atoms with Crippen molar-refractivity contribution in [2.75, 3.05) is 43.5 Å². The lowest BCUT2D eigenvalue weighted by atomic mass is 10.1. The maximum absolute atomic E-state index is 12.2. The maximum Gasteiger partial charge on any atom is 0.251 e. The van der Waals surface area contributed by atoms with Gasteiger partial charge in [-0.25, -0.2) is 4.98 Å². The van der Waals surface area contributed by atoms with Gasteiger partial charge in [0, 0.05) is 37.1 Å². The van der Waals surface area contributed by atoms with Crippen LogP contribution in [0.15, 0.2) is 42.6 Å². The van der Waals surface area contributed by atoms with Crippen LogP contribution < -0.4 is 16.0 Å². The molecule has 0 spiro atoms. The van der Waals surface area contributed by atoms with Gasteiger partial charge < -0.3 is 20.7 Å². The lowest BCUT2D eigenvalue weighted by Crippen LogP contribution is -2.36. The SMILES string of the molecule is Nc1cc(CCNC(=O)c2ccc(N3CCOCC3)cc2)ccn1. The van der Waals surface area contributed by atoms with Gasteiger partial charge in [-0.15, -0.1) is 0 Å². The van der Waals surface area contributed by atoms with E-state index in [0.717, 1.165) is 44.0 Å². The largest absolute Gasteiger partial charge is 0.384 e. The lowest BCUT2D eigenvalue weighted by molar-refractivity contribution is 0.0954. The molecule has 2 heterocycles. The molecule has 126 valence electrons. The number of pyridine rings is 1. The quantitative estimate of drug-likeness (QED) is 0.870. The molecule has 1 aromatic heterocycles. The minimum absolute atomic E-state index is 0.0643. The lowest BCUT2D eigenvalue weighted by Gasteiger charge is -2.28. The summed E-state index contributed by atoms with van der Waals surface area (Å²) in [6.45, 7) is 3.85. The van der Waals surface area contributed by atoms with Gasteiger partial charge in [0.25, 0.3) is 5.91 Å². The minimum Gasteiger partial charge on any atom is -0.384 e. The van der Waals surface area contributed by atoms with Gasteiger partial charge in [-0.1, -0.05) is 0 Å². The molecule has 0 aliphatic carbocycles. The Morgan fingerprint density at radius 2 is 1.96 bits per heavy atom. The Kier molecular flexibility index (Phi) is 5.28. The molecule has 6 nitrogen and oxygen atoms in total. The molecular weight excluding hydrogens is 304 g/mol. The smallest absolute Gasteiger partial charge is 0.251 e. The Morgan fingerprint density at radius 1 is 1.21 bits per heavy atom. The normalized spacial score (nSPS) is 14.4. The predicted octanol–water partition coefficient (Wildman–Crippen LogP) is 1.47. The topological polar surface area (TPSA) is 80.5 Å². The first-order valence-electron chi connectivity index (χ1n) is 8.14. The van der Waals surface area contributed by atoms with Gasteiger partial charge in [-0.05, 0) is 48.4 Å². The molecule has 3 N–H and O–H groups in total. The Hall–Kier alpha value is -2.60. The second-order valence-corrected chi connectivity index (χ2v) is 5.74. The van der Waals surface area contributed by atoms with Crippen LogP contribution in [0.25, 0.3) is 0 Å². The summed E-state index contributed by atoms with van der Waals surface area (Å²) in [5.74, 6) is 0.433. The molecule has 1 fully saturated rings. The second-order valence-electron chi connectivity index (χ2n) is 5.74. The average molecular weight is 326 g/mol. The number of aromatic nitrogens is 1. The van der Waals surface area contributed by atoms with Crippen LogP contribution in [-0.2, 0) is 11.2 Å². The minimum atomic E-state index is -0.0643. The van der Waals surface area contributed by atoms with Crippen LogP contribution in [0.3, 0.4) is 0 Å². The monoisotopic (exact) mass is 326 g/mol. The summed E-state index contributed by atoms with van der Waals surface area (Å²) >= 11 is 0. The van der Waals surface area contributed by atoms with Crippen LogP contribution >= 0.6 is 0 Å².